The van der Waals surface area contributed by atoms with Crippen LogP contribution in [0.25, 0.3) is 87.5 Å². The fourth-order valence-corrected chi connectivity index (χ4v) is 7.64. The molecule has 9 aromatic rings. The topological polar surface area (TPSA) is 38.7 Å². The summed E-state index contributed by atoms with van der Waals surface area (Å²) in [6, 6.07) is 57.8. The zero-order valence-electron chi connectivity index (χ0n) is 26.5. The molecule has 0 bridgehead atoms. The minimum Gasteiger partial charge on any atom is -0.264 e. The molecule has 230 valence electrons. The first-order valence-electron chi connectivity index (χ1n) is 16.3. The van der Waals surface area contributed by atoms with Crippen LogP contribution >= 0.6 is 11.3 Å². The Labute approximate surface area is 288 Å². The number of thiophene rings is 1. The van der Waals surface area contributed by atoms with Crippen LogP contribution in [0.2, 0.25) is 0 Å². The summed E-state index contributed by atoms with van der Waals surface area (Å²) in [5.41, 5.74) is 11.6. The highest BCUT2D eigenvalue weighted by Crippen LogP contribution is 2.39. The Balaban J connectivity index is 1.26. The fraction of sp³-hybridized carbons (Fsp3) is 0. The van der Waals surface area contributed by atoms with Crippen molar-refractivity contribution in [2.45, 2.75) is 0 Å². The van der Waals surface area contributed by atoms with Crippen molar-refractivity contribution in [3.63, 3.8) is 0 Å². The van der Waals surface area contributed by atoms with Gasteiger partial charge in [0.05, 0.1) is 11.4 Å². The van der Waals surface area contributed by atoms with E-state index in [1.165, 1.54) is 20.2 Å². The lowest BCUT2D eigenvalue weighted by Gasteiger charge is -2.14. The number of hydrogen-bond acceptors (Lipinski definition) is 4. The standard InChI is InChI=1S/C45H29N3S/c1-3-11-30(12-4-1)41-28-42(31-13-5-2-6-14-31)48-45(47-41)38-25-36(33-16-9-15-32(23-33)35-17-10-22-46-29-35)24-37(26-38)34-20-21-40-39-18-7-8-19-43(39)49-44(40)27-34/h1-29H. The summed E-state index contributed by atoms with van der Waals surface area (Å²) in [4.78, 5) is 14.8. The Morgan fingerprint density at radius 3 is 1.59 bits per heavy atom. The van der Waals surface area contributed by atoms with Crippen LogP contribution in [-0.2, 0) is 0 Å². The van der Waals surface area contributed by atoms with Crippen LogP contribution in [0.1, 0.15) is 0 Å². The number of nitrogens with zero attached hydrogens (tertiary/aromatic N) is 3. The third-order valence-corrected chi connectivity index (χ3v) is 10.1. The summed E-state index contributed by atoms with van der Waals surface area (Å²) in [6.45, 7) is 0. The van der Waals surface area contributed by atoms with E-state index in [9.17, 15) is 0 Å². The van der Waals surface area contributed by atoms with Crippen molar-refractivity contribution in [1.29, 1.82) is 0 Å². The minimum absolute atomic E-state index is 0.690. The van der Waals surface area contributed by atoms with E-state index >= 15 is 0 Å². The number of hydrogen-bond donors (Lipinski definition) is 0. The van der Waals surface area contributed by atoms with Crippen molar-refractivity contribution >= 4 is 31.5 Å². The molecular weight excluding hydrogens is 615 g/mol. The molecule has 0 fully saturated rings. The number of pyridine rings is 1. The minimum atomic E-state index is 0.690. The molecule has 9 rings (SSSR count). The smallest absolute Gasteiger partial charge is 0.160 e. The van der Waals surface area contributed by atoms with E-state index in [0.717, 1.165) is 61.5 Å². The first-order chi connectivity index (χ1) is 24.2. The summed E-state index contributed by atoms with van der Waals surface area (Å²) in [5.74, 6) is 0.690. The third kappa shape index (κ3) is 5.69. The normalized spacial score (nSPS) is 11.3. The molecule has 0 unspecified atom stereocenters. The van der Waals surface area contributed by atoms with Crippen LogP contribution in [0.4, 0.5) is 0 Å². The van der Waals surface area contributed by atoms with Gasteiger partial charge in [-0.1, -0.05) is 115 Å². The average molecular weight is 644 g/mol. The molecule has 0 saturated heterocycles. The van der Waals surface area contributed by atoms with Gasteiger partial charge >= 0.3 is 0 Å². The predicted molar refractivity (Wildman–Crippen MR) is 205 cm³/mol. The van der Waals surface area contributed by atoms with Crippen molar-refractivity contribution < 1.29 is 0 Å². The summed E-state index contributed by atoms with van der Waals surface area (Å²) in [6.07, 6.45) is 3.72. The lowest BCUT2D eigenvalue weighted by atomic mass is 9.93. The molecule has 0 amide bonds. The van der Waals surface area contributed by atoms with Gasteiger partial charge in [0.1, 0.15) is 0 Å². The zero-order chi connectivity index (χ0) is 32.6. The number of rotatable bonds is 6. The molecule has 3 heterocycles. The van der Waals surface area contributed by atoms with Gasteiger partial charge in [-0.25, -0.2) is 9.97 Å². The monoisotopic (exact) mass is 643 g/mol. The number of fused-ring (bicyclic) bond motifs is 3. The second kappa shape index (κ2) is 12.4. The summed E-state index contributed by atoms with van der Waals surface area (Å²) in [5, 5.41) is 2.59. The highest BCUT2D eigenvalue weighted by molar-refractivity contribution is 7.25. The van der Waals surface area contributed by atoms with E-state index in [0.29, 0.717) is 5.82 Å². The van der Waals surface area contributed by atoms with Crippen LogP contribution in [0.15, 0.2) is 176 Å². The van der Waals surface area contributed by atoms with Crippen LogP contribution < -0.4 is 0 Å². The van der Waals surface area contributed by atoms with Crippen molar-refractivity contribution in [2.75, 3.05) is 0 Å². The molecule has 0 aliphatic carbocycles. The first kappa shape index (κ1) is 29.0. The molecule has 3 aromatic heterocycles. The maximum absolute atomic E-state index is 5.20. The molecule has 0 aliphatic rings. The van der Waals surface area contributed by atoms with E-state index in [1.807, 2.05) is 41.9 Å². The van der Waals surface area contributed by atoms with Crippen LogP contribution in [0.3, 0.4) is 0 Å². The summed E-state index contributed by atoms with van der Waals surface area (Å²) >= 11 is 1.84. The largest absolute Gasteiger partial charge is 0.264 e. The van der Waals surface area contributed by atoms with Crippen LogP contribution in [-0.4, -0.2) is 15.0 Å². The highest BCUT2D eigenvalue weighted by atomic mass is 32.1. The molecule has 0 saturated carbocycles. The second-order valence-corrected chi connectivity index (χ2v) is 13.2. The molecule has 0 N–H and O–H groups in total. The highest BCUT2D eigenvalue weighted by Gasteiger charge is 2.15. The van der Waals surface area contributed by atoms with Crippen LogP contribution in [0.5, 0.6) is 0 Å². The quantitative estimate of drug-likeness (QED) is 0.181. The predicted octanol–water partition coefficient (Wildman–Crippen LogP) is 12.2. The Morgan fingerprint density at radius 1 is 0.347 bits per heavy atom. The van der Waals surface area contributed by atoms with E-state index in [-0.39, 0.29) is 0 Å². The second-order valence-electron chi connectivity index (χ2n) is 12.1. The molecule has 0 aliphatic heterocycles. The first-order valence-corrected chi connectivity index (χ1v) is 17.1. The molecule has 0 atom stereocenters. The van der Waals surface area contributed by atoms with Crippen molar-refractivity contribution in [3.05, 3.63) is 176 Å². The average Bonchev–Trinajstić information content (AvgIpc) is 3.57. The van der Waals surface area contributed by atoms with Gasteiger partial charge < -0.3 is 0 Å². The van der Waals surface area contributed by atoms with Gasteiger partial charge in [-0.05, 0) is 76.3 Å². The lowest BCUT2D eigenvalue weighted by molar-refractivity contribution is 1.18. The maximum atomic E-state index is 5.20. The van der Waals surface area contributed by atoms with E-state index in [2.05, 4.69) is 151 Å². The van der Waals surface area contributed by atoms with Gasteiger partial charge in [0.25, 0.3) is 0 Å². The fourth-order valence-electron chi connectivity index (χ4n) is 6.50. The van der Waals surface area contributed by atoms with Gasteiger partial charge in [-0.15, -0.1) is 11.3 Å². The van der Waals surface area contributed by atoms with Crippen LogP contribution in [0, 0.1) is 0 Å². The number of benzene rings is 6. The molecule has 4 heteroatoms. The van der Waals surface area contributed by atoms with Gasteiger partial charge in [-0.3, -0.25) is 4.98 Å². The summed E-state index contributed by atoms with van der Waals surface area (Å²) < 4.78 is 2.58. The van der Waals surface area contributed by atoms with E-state index in [4.69, 9.17) is 9.97 Å². The van der Waals surface area contributed by atoms with Gasteiger partial charge in [0, 0.05) is 54.8 Å². The maximum Gasteiger partial charge on any atom is 0.160 e. The molecule has 0 spiro atoms. The van der Waals surface area contributed by atoms with Gasteiger partial charge in [0.15, 0.2) is 5.82 Å². The Kier molecular flexibility index (Phi) is 7.34. The zero-order valence-corrected chi connectivity index (χ0v) is 27.3. The van der Waals surface area contributed by atoms with Gasteiger partial charge in [-0.2, -0.15) is 0 Å². The van der Waals surface area contributed by atoms with Crippen molar-refractivity contribution in [1.82, 2.24) is 15.0 Å². The molecule has 49 heavy (non-hydrogen) atoms. The van der Waals surface area contributed by atoms with E-state index < -0.39 is 0 Å². The Morgan fingerprint density at radius 2 is 0.898 bits per heavy atom. The molecule has 3 nitrogen and oxygen atoms in total. The SMILES string of the molecule is c1ccc(-c2cc(-c3ccccc3)nc(-c3cc(-c4cccc(-c5cccnc5)c4)cc(-c4ccc5c(c4)sc4ccccc45)c3)n2)cc1. The number of aromatic nitrogens is 3. The van der Waals surface area contributed by atoms with Crippen molar-refractivity contribution in [2.24, 2.45) is 0 Å². The lowest BCUT2D eigenvalue weighted by Crippen LogP contribution is -1.97. The Hall–Kier alpha value is -6.23. The van der Waals surface area contributed by atoms with Crippen molar-refractivity contribution in [3.8, 4) is 67.3 Å². The molecular formula is C45H29N3S. The summed E-state index contributed by atoms with van der Waals surface area (Å²) in [7, 11) is 0. The third-order valence-electron chi connectivity index (χ3n) is 8.96. The molecule has 0 radical (unpaired) electrons. The molecule has 6 aromatic carbocycles. The Bertz CT molecular complexity index is 2540. The van der Waals surface area contributed by atoms with Gasteiger partial charge in [0.2, 0.25) is 0 Å². The van der Waals surface area contributed by atoms with E-state index in [1.54, 1.807) is 0 Å².